The van der Waals surface area contributed by atoms with Crippen molar-refractivity contribution in [3.05, 3.63) is 34.5 Å². The van der Waals surface area contributed by atoms with Crippen LogP contribution in [0.5, 0.6) is 0 Å². The molecule has 2 aliphatic carbocycles. The highest BCUT2D eigenvalue weighted by Crippen LogP contribution is 2.39. The van der Waals surface area contributed by atoms with Crippen LogP contribution in [0.15, 0.2) is 23.3 Å². The quantitative estimate of drug-likeness (QED) is 0.667. The normalized spacial score (nSPS) is 22.5. The number of aromatic nitrogens is 4. The molecule has 0 atom stereocenters. The van der Waals surface area contributed by atoms with Crippen molar-refractivity contribution in [2.75, 3.05) is 6.54 Å². The molecule has 7 heteroatoms. The number of nitriles is 1. The van der Waals surface area contributed by atoms with Crippen molar-refractivity contribution in [3.8, 4) is 6.07 Å². The van der Waals surface area contributed by atoms with Crippen LogP contribution in [0.1, 0.15) is 62.6 Å². The van der Waals surface area contributed by atoms with E-state index in [1.165, 1.54) is 0 Å². The van der Waals surface area contributed by atoms with Crippen molar-refractivity contribution in [3.63, 3.8) is 0 Å². The maximum atomic E-state index is 13.4. The van der Waals surface area contributed by atoms with Gasteiger partial charge in [-0.3, -0.25) is 4.79 Å². The lowest BCUT2D eigenvalue weighted by atomic mass is 9.90. The predicted octanol–water partition coefficient (Wildman–Crippen LogP) is 3.14. The first kappa shape index (κ1) is 17.4. The molecule has 0 radical (unpaired) electrons. The summed E-state index contributed by atoms with van der Waals surface area (Å²) in [6.07, 6.45) is 10.3. The molecule has 3 heterocycles. The Kier molecular flexibility index (Phi) is 4.36. The van der Waals surface area contributed by atoms with Crippen molar-refractivity contribution < 1.29 is 0 Å². The molecule has 0 unspecified atom stereocenters. The molecule has 2 fully saturated rings. The molecule has 5 rings (SSSR count). The first-order valence-electron chi connectivity index (χ1n) is 10.2. The number of rotatable bonds is 5. The summed E-state index contributed by atoms with van der Waals surface area (Å²) < 4.78 is 2.03. The fourth-order valence-corrected chi connectivity index (χ4v) is 4.56. The van der Waals surface area contributed by atoms with Gasteiger partial charge in [0.1, 0.15) is 16.9 Å². The number of pyridine rings is 1. The number of aromatic amines is 1. The van der Waals surface area contributed by atoms with Gasteiger partial charge in [0.15, 0.2) is 0 Å². The zero-order chi connectivity index (χ0) is 19.1. The van der Waals surface area contributed by atoms with E-state index in [9.17, 15) is 4.79 Å². The lowest BCUT2D eigenvalue weighted by molar-refractivity contribution is 0.292. The highest BCUT2D eigenvalue weighted by atomic mass is 16.1. The molecule has 0 bridgehead atoms. The maximum absolute atomic E-state index is 13.4. The van der Waals surface area contributed by atoms with Gasteiger partial charge in [-0.15, -0.1) is 0 Å². The van der Waals surface area contributed by atoms with Gasteiger partial charge in [-0.25, -0.2) is 9.97 Å². The molecule has 3 aromatic heterocycles. The second-order valence-electron chi connectivity index (χ2n) is 8.05. The van der Waals surface area contributed by atoms with Gasteiger partial charge in [0.05, 0.1) is 17.8 Å². The zero-order valence-electron chi connectivity index (χ0n) is 15.8. The van der Waals surface area contributed by atoms with Gasteiger partial charge >= 0.3 is 0 Å². The van der Waals surface area contributed by atoms with Gasteiger partial charge in [-0.2, -0.15) is 5.26 Å². The van der Waals surface area contributed by atoms with E-state index in [1.807, 2.05) is 16.8 Å². The van der Waals surface area contributed by atoms with Gasteiger partial charge in [-0.1, -0.05) is 0 Å². The van der Waals surface area contributed by atoms with Gasteiger partial charge in [0, 0.05) is 42.6 Å². The molecule has 144 valence electrons. The molecule has 2 N–H and O–H groups in total. The topological polar surface area (TPSA) is 99.4 Å². The molecule has 28 heavy (non-hydrogen) atoms. The molecule has 3 aromatic rings. The first-order chi connectivity index (χ1) is 13.8. The van der Waals surface area contributed by atoms with E-state index in [-0.39, 0.29) is 11.6 Å². The number of hydrogen-bond donors (Lipinski definition) is 2. The predicted molar refractivity (Wildman–Crippen MR) is 107 cm³/mol. The van der Waals surface area contributed by atoms with Crippen LogP contribution >= 0.6 is 0 Å². The van der Waals surface area contributed by atoms with Crippen LogP contribution in [-0.4, -0.2) is 32.1 Å². The maximum Gasteiger partial charge on any atom is 0.273 e. The largest absolute Gasteiger partial charge is 0.346 e. The zero-order valence-corrected chi connectivity index (χ0v) is 15.8. The molecule has 0 saturated heterocycles. The summed E-state index contributed by atoms with van der Waals surface area (Å²) in [7, 11) is 0. The molecule has 2 aliphatic rings. The molecular formula is C21H24N6O. The second-order valence-corrected chi connectivity index (χ2v) is 8.05. The molecule has 7 nitrogen and oxygen atoms in total. The van der Waals surface area contributed by atoms with Crippen LogP contribution < -0.4 is 10.9 Å². The summed E-state index contributed by atoms with van der Waals surface area (Å²) in [4.78, 5) is 25.8. The third-order valence-electron chi connectivity index (χ3n) is 6.15. The third-order valence-corrected chi connectivity index (χ3v) is 6.15. The fourth-order valence-electron chi connectivity index (χ4n) is 4.56. The minimum Gasteiger partial charge on any atom is -0.346 e. The van der Waals surface area contributed by atoms with Gasteiger partial charge < -0.3 is 14.9 Å². The lowest BCUT2D eigenvalue weighted by Crippen LogP contribution is -2.37. The number of fused-ring (bicyclic) bond motifs is 3. The first-order valence-corrected chi connectivity index (χ1v) is 10.2. The molecule has 0 spiro atoms. The highest BCUT2D eigenvalue weighted by molar-refractivity contribution is 6.00. The summed E-state index contributed by atoms with van der Waals surface area (Å²) in [6.45, 7) is 0.742. The monoisotopic (exact) mass is 376 g/mol. The Morgan fingerprint density at radius 1 is 1.25 bits per heavy atom. The summed E-state index contributed by atoms with van der Waals surface area (Å²) in [5.41, 5.74) is 3.35. The van der Waals surface area contributed by atoms with E-state index in [4.69, 9.17) is 10.2 Å². The van der Waals surface area contributed by atoms with Crippen molar-refractivity contribution >= 4 is 22.1 Å². The third kappa shape index (κ3) is 2.98. The average Bonchev–Trinajstić information content (AvgIpc) is 3.44. The van der Waals surface area contributed by atoms with Crippen molar-refractivity contribution in [1.82, 2.24) is 24.8 Å². The Morgan fingerprint density at radius 3 is 2.82 bits per heavy atom. The molecule has 0 amide bonds. The van der Waals surface area contributed by atoms with Crippen molar-refractivity contribution in [1.29, 1.82) is 5.26 Å². The Labute approximate surface area is 162 Å². The van der Waals surface area contributed by atoms with E-state index >= 15 is 0 Å². The Bertz CT molecular complexity index is 1110. The van der Waals surface area contributed by atoms with Crippen LogP contribution in [0, 0.1) is 11.3 Å². The summed E-state index contributed by atoms with van der Waals surface area (Å²) in [6, 6.07) is 4.80. The fraction of sp³-hybridized carbons (Fsp3) is 0.524. The lowest BCUT2D eigenvalue weighted by Gasteiger charge is -2.31. The number of hydrogen-bond acceptors (Lipinski definition) is 5. The van der Waals surface area contributed by atoms with Gasteiger partial charge in [0.2, 0.25) is 0 Å². The Balaban J connectivity index is 1.55. The van der Waals surface area contributed by atoms with Crippen LogP contribution in [0.25, 0.3) is 22.1 Å². The Hall–Kier alpha value is -2.72. The number of H-pyrrole nitrogens is 1. The van der Waals surface area contributed by atoms with Crippen LogP contribution in [0.3, 0.4) is 0 Å². The SMILES string of the molecule is N#CCCN[C@H]1CC[C@H](n2c(=O)c(C3CC3)nc3cnc4[nH]ccc4c32)CC1. The van der Waals surface area contributed by atoms with Crippen LogP contribution in [0.2, 0.25) is 0 Å². The second kappa shape index (κ2) is 7.02. The smallest absolute Gasteiger partial charge is 0.273 e. The molecule has 2 saturated carbocycles. The molecule has 0 aliphatic heterocycles. The van der Waals surface area contributed by atoms with Crippen LogP contribution in [0.4, 0.5) is 0 Å². The van der Waals surface area contributed by atoms with Crippen molar-refractivity contribution in [2.45, 2.75) is 62.9 Å². The number of nitrogens with one attached hydrogen (secondary N) is 2. The average molecular weight is 376 g/mol. The number of nitrogens with zero attached hydrogens (tertiary/aromatic N) is 4. The van der Waals surface area contributed by atoms with E-state index in [0.717, 1.165) is 72.8 Å². The standard InChI is InChI=1S/C21H24N6O/c22-9-1-10-23-14-4-6-15(7-5-14)27-19-16-8-11-24-20(16)25-12-17(19)26-18(21(27)28)13-2-3-13/h8,11-15,23H,1-7,10H2,(H,24,25)/t14-,15-. The highest BCUT2D eigenvalue weighted by Gasteiger charge is 2.32. The summed E-state index contributed by atoms with van der Waals surface area (Å²) >= 11 is 0. The summed E-state index contributed by atoms with van der Waals surface area (Å²) in [5, 5.41) is 13.2. The Morgan fingerprint density at radius 2 is 2.07 bits per heavy atom. The van der Waals surface area contributed by atoms with E-state index in [2.05, 4.69) is 21.4 Å². The van der Waals surface area contributed by atoms with Crippen molar-refractivity contribution in [2.24, 2.45) is 0 Å². The van der Waals surface area contributed by atoms with E-state index in [0.29, 0.717) is 18.4 Å². The van der Waals surface area contributed by atoms with Gasteiger partial charge in [0.25, 0.3) is 5.56 Å². The van der Waals surface area contributed by atoms with Gasteiger partial charge in [-0.05, 0) is 44.6 Å². The summed E-state index contributed by atoms with van der Waals surface area (Å²) in [5.74, 6) is 0.314. The minimum atomic E-state index is 0.0876. The van der Waals surface area contributed by atoms with Crippen LogP contribution in [-0.2, 0) is 0 Å². The van der Waals surface area contributed by atoms with E-state index < -0.39 is 0 Å². The molecular weight excluding hydrogens is 352 g/mol. The minimum absolute atomic E-state index is 0.0876. The molecule has 0 aromatic carbocycles. The van der Waals surface area contributed by atoms with E-state index in [1.54, 1.807) is 6.20 Å².